The molecule has 0 bridgehead atoms. The smallest absolute Gasteiger partial charge is 0.234 e. The Hall–Kier alpha value is -0.610. The van der Waals surface area contributed by atoms with Gasteiger partial charge in [-0.25, -0.2) is 0 Å². The van der Waals surface area contributed by atoms with Crippen LogP contribution in [0.25, 0.3) is 0 Å². The molecule has 1 amide bonds. The maximum absolute atomic E-state index is 11.1. The average Bonchev–Trinajstić information content (AvgIpc) is 2.38. The molecule has 4 heteroatoms. The van der Waals surface area contributed by atoms with Gasteiger partial charge in [-0.2, -0.15) is 0 Å². The van der Waals surface area contributed by atoms with Gasteiger partial charge in [-0.1, -0.05) is 0 Å². The predicted molar refractivity (Wildman–Crippen MR) is 68.2 cm³/mol. The Morgan fingerprint density at radius 2 is 2.00 bits per heavy atom. The van der Waals surface area contributed by atoms with E-state index in [2.05, 4.69) is 17.1 Å². The lowest BCUT2D eigenvalue weighted by Crippen LogP contribution is -2.46. The minimum Gasteiger partial charge on any atom is -0.368 e. The van der Waals surface area contributed by atoms with Crippen LogP contribution in [0, 0.1) is 18.3 Å². The molecular weight excluding hydrogens is 214 g/mol. The molecule has 2 heterocycles. The van der Waals surface area contributed by atoms with Crippen LogP contribution in [0.4, 0.5) is 0 Å². The molecule has 4 nitrogen and oxygen atoms in total. The molecule has 4 N–H and O–H groups in total. The van der Waals surface area contributed by atoms with Crippen LogP contribution in [0.5, 0.6) is 0 Å². The molecule has 97 valence electrons. The molecule has 2 atom stereocenters. The number of rotatable bonds is 4. The summed E-state index contributed by atoms with van der Waals surface area (Å²) in [5.41, 5.74) is 5.34. The van der Waals surface area contributed by atoms with Gasteiger partial charge in [0, 0.05) is 0 Å². The third-order valence-corrected chi connectivity index (χ3v) is 4.05. The maximum atomic E-state index is 11.1. The molecule has 1 radical (unpaired) electrons. The van der Waals surface area contributed by atoms with Crippen molar-refractivity contribution in [2.45, 2.75) is 38.1 Å². The summed E-state index contributed by atoms with van der Waals surface area (Å²) in [5, 5.41) is 6.57. The van der Waals surface area contributed by atoms with Crippen molar-refractivity contribution in [3.05, 3.63) is 6.42 Å². The van der Waals surface area contributed by atoms with Crippen LogP contribution in [0.3, 0.4) is 0 Å². The summed E-state index contributed by atoms with van der Waals surface area (Å²) >= 11 is 0. The third kappa shape index (κ3) is 3.96. The number of primary amides is 1. The topological polar surface area (TPSA) is 67.2 Å². The van der Waals surface area contributed by atoms with Gasteiger partial charge >= 0.3 is 0 Å². The van der Waals surface area contributed by atoms with E-state index >= 15 is 0 Å². The van der Waals surface area contributed by atoms with Crippen LogP contribution < -0.4 is 16.4 Å². The zero-order valence-electron chi connectivity index (χ0n) is 10.5. The van der Waals surface area contributed by atoms with Crippen LogP contribution >= 0.6 is 0 Å². The molecule has 2 rings (SSSR count). The van der Waals surface area contributed by atoms with E-state index < -0.39 is 0 Å². The minimum absolute atomic E-state index is 0.113. The Balaban J connectivity index is 1.69. The van der Waals surface area contributed by atoms with Crippen molar-refractivity contribution >= 4 is 5.91 Å². The second kappa shape index (κ2) is 6.36. The van der Waals surface area contributed by atoms with E-state index in [0.29, 0.717) is 5.92 Å². The van der Waals surface area contributed by atoms with Gasteiger partial charge in [0.25, 0.3) is 0 Å². The summed E-state index contributed by atoms with van der Waals surface area (Å²) in [6.07, 6.45) is 8.26. The zero-order chi connectivity index (χ0) is 12.1. The lowest BCUT2D eigenvalue weighted by Gasteiger charge is -2.30. The summed E-state index contributed by atoms with van der Waals surface area (Å²) in [4.78, 5) is 11.1. The number of nitrogens with two attached hydrogens (primary N) is 1. The van der Waals surface area contributed by atoms with Gasteiger partial charge in [0.2, 0.25) is 5.91 Å². The van der Waals surface area contributed by atoms with E-state index in [-0.39, 0.29) is 11.9 Å². The molecule has 0 spiro atoms. The van der Waals surface area contributed by atoms with E-state index in [1.54, 1.807) is 0 Å². The molecule has 0 aromatic rings. The summed E-state index contributed by atoms with van der Waals surface area (Å²) in [6, 6.07) is -0.113. The van der Waals surface area contributed by atoms with E-state index in [1.165, 1.54) is 19.3 Å². The lowest BCUT2D eigenvalue weighted by atomic mass is 9.84. The van der Waals surface area contributed by atoms with Crippen LogP contribution in [0.15, 0.2) is 0 Å². The zero-order valence-corrected chi connectivity index (χ0v) is 10.5. The third-order valence-electron chi connectivity index (χ3n) is 4.05. The fourth-order valence-corrected chi connectivity index (χ4v) is 2.88. The van der Waals surface area contributed by atoms with Crippen molar-refractivity contribution in [2.75, 3.05) is 19.6 Å². The Morgan fingerprint density at radius 1 is 1.24 bits per heavy atom. The second-order valence-electron chi connectivity index (χ2n) is 5.36. The number of amides is 1. The molecule has 2 saturated heterocycles. The Kier molecular flexibility index (Phi) is 4.80. The number of nitrogens with one attached hydrogen (secondary N) is 2. The molecular formula is C13H24N3O. The summed E-state index contributed by atoms with van der Waals surface area (Å²) in [6.45, 7) is 3.24. The average molecular weight is 238 g/mol. The number of hydrogen-bond donors (Lipinski definition) is 3. The highest BCUT2D eigenvalue weighted by Crippen LogP contribution is 2.25. The first-order chi connectivity index (χ1) is 8.25. The quantitative estimate of drug-likeness (QED) is 0.665. The Morgan fingerprint density at radius 3 is 2.71 bits per heavy atom. The van der Waals surface area contributed by atoms with Crippen LogP contribution in [-0.4, -0.2) is 31.6 Å². The summed E-state index contributed by atoms with van der Waals surface area (Å²) in [7, 11) is 0. The molecule has 2 aliphatic heterocycles. The highest BCUT2D eigenvalue weighted by atomic mass is 16.1. The number of hydrogen-bond acceptors (Lipinski definition) is 3. The molecule has 2 fully saturated rings. The first-order valence-electron chi connectivity index (χ1n) is 6.82. The number of carbonyl (C=O) groups is 1. The standard InChI is InChI=1S/C13H24N3O/c14-13(17)12-9-11(5-8-16-12)2-1-10-3-6-15-7-4-10/h2,10-12,15-16H,1,3-9H2,(H2,14,17). The molecule has 0 aromatic carbocycles. The molecule has 2 aliphatic rings. The predicted octanol–water partition coefficient (Wildman–Crippen LogP) is 0.434. The molecule has 2 unspecified atom stereocenters. The van der Waals surface area contributed by atoms with Crippen LogP contribution in [0.1, 0.15) is 32.1 Å². The van der Waals surface area contributed by atoms with Crippen molar-refractivity contribution in [3.63, 3.8) is 0 Å². The van der Waals surface area contributed by atoms with Gasteiger partial charge in [0.1, 0.15) is 0 Å². The fraction of sp³-hybridized carbons (Fsp3) is 0.846. The molecule has 17 heavy (non-hydrogen) atoms. The monoisotopic (exact) mass is 238 g/mol. The van der Waals surface area contributed by atoms with Gasteiger partial charge < -0.3 is 16.4 Å². The fourth-order valence-electron chi connectivity index (χ4n) is 2.88. The first-order valence-corrected chi connectivity index (χ1v) is 6.82. The van der Waals surface area contributed by atoms with E-state index in [9.17, 15) is 4.79 Å². The SMILES string of the molecule is NC(=O)C1CC([CH]CC2CCNCC2)CCN1. The van der Waals surface area contributed by atoms with Crippen molar-refractivity contribution in [1.29, 1.82) is 0 Å². The Labute approximate surface area is 104 Å². The minimum atomic E-state index is -0.204. The maximum Gasteiger partial charge on any atom is 0.234 e. The van der Waals surface area contributed by atoms with Gasteiger partial charge in [0.05, 0.1) is 6.04 Å². The van der Waals surface area contributed by atoms with Crippen molar-refractivity contribution in [1.82, 2.24) is 10.6 Å². The molecule has 0 aliphatic carbocycles. The first kappa shape index (κ1) is 12.8. The van der Waals surface area contributed by atoms with E-state index in [1.807, 2.05) is 0 Å². The van der Waals surface area contributed by atoms with Gasteiger partial charge in [-0.15, -0.1) is 0 Å². The van der Waals surface area contributed by atoms with Gasteiger partial charge in [0.15, 0.2) is 0 Å². The largest absolute Gasteiger partial charge is 0.368 e. The van der Waals surface area contributed by atoms with Gasteiger partial charge in [-0.3, -0.25) is 4.79 Å². The summed E-state index contributed by atoms with van der Waals surface area (Å²) in [5.74, 6) is 1.21. The van der Waals surface area contributed by atoms with Crippen molar-refractivity contribution in [2.24, 2.45) is 17.6 Å². The highest BCUT2D eigenvalue weighted by molar-refractivity contribution is 5.79. The normalized spacial score (nSPS) is 31.3. The number of carbonyl (C=O) groups excluding carboxylic acids is 1. The second-order valence-corrected chi connectivity index (χ2v) is 5.36. The van der Waals surface area contributed by atoms with Crippen LogP contribution in [-0.2, 0) is 4.79 Å². The van der Waals surface area contributed by atoms with E-state index in [0.717, 1.165) is 38.4 Å². The number of piperidine rings is 2. The molecule has 0 saturated carbocycles. The summed E-state index contributed by atoms with van der Waals surface area (Å²) < 4.78 is 0. The Bertz CT molecular complexity index is 251. The van der Waals surface area contributed by atoms with E-state index in [4.69, 9.17) is 5.73 Å². The van der Waals surface area contributed by atoms with Gasteiger partial charge in [-0.05, 0) is 70.0 Å². The highest BCUT2D eigenvalue weighted by Gasteiger charge is 2.25. The lowest BCUT2D eigenvalue weighted by molar-refractivity contribution is -0.120. The molecule has 0 aromatic heterocycles. The van der Waals surface area contributed by atoms with Crippen molar-refractivity contribution in [3.8, 4) is 0 Å². The van der Waals surface area contributed by atoms with Crippen molar-refractivity contribution < 1.29 is 4.79 Å². The van der Waals surface area contributed by atoms with Crippen LogP contribution in [0.2, 0.25) is 0 Å².